The van der Waals surface area contributed by atoms with Crippen LogP contribution in [0.1, 0.15) is 22.8 Å². The first kappa shape index (κ1) is 17.8. The number of hydrogen-bond donors (Lipinski definition) is 1. The molecule has 0 aromatic carbocycles. The van der Waals surface area contributed by atoms with Gasteiger partial charge in [0, 0.05) is 6.20 Å². The lowest BCUT2D eigenvalue weighted by Crippen LogP contribution is -2.30. The number of carbonyl (C=O) groups excluding carboxylic acids is 2. The van der Waals surface area contributed by atoms with Gasteiger partial charge in [-0.3, -0.25) is 4.79 Å². The fraction of sp³-hybridized carbons (Fsp3) is 0.214. The number of furan rings is 1. The Kier molecular flexibility index (Phi) is 5.13. The van der Waals surface area contributed by atoms with Crippen molar-refractivity contribution in [1.29, 1.82) is 0 Å². The molecule has 2 aromatic rings. The molecule has 128 valence electrons. The summed E-state index contributed by atoms with van der Waals surface area (Å²) in [6.45, 7) is 1.28. The molecule has 1 amide bonds. The van der Waals surface area contributed by atoms with E-state index in [1.54, 1.807) is 0 Å². The summed E-state index contributed by atoms with van der Waals surface area (Å²) < 4.78 is 47.1. The van der Waals surface area contributed by atoms with Crippen LogP contribution >= 0.6 is 11.6 Å². The van der Waals surface area contributed by atoms with Crippen LogP contribution in [0.4, 0.5) is 19.0 Å². The van der Waals surface area contributed by atoms with E-state index >= 15 is 0 Å². The van der Waals surface area contributed by atoms with Crippen molar-refractivity contribution in [2.24, 2.45) is 0 Å². The average Bonchev–Trinajstić information content (AvgIpc) is 3.02. The molecule has 1 atom stereocenters. The predicted octanol–water partition coefficient (Wildman–Crippen LogP) is 3.53. The Morgan fingerprint density at radius 2 is 2.12 bits per heavy atom. The van der Waals surface area contributed by atoms with E-state index in [-0.39, 0.29) is 11.4 Å². The van der Waals surface area contributed by atoms with Gasteiger partial charge in [0.05, 0.1) is 22.4 Å². The molecule has 0 saturated carbocycles. The van der Waals surface area contributed by atoms with Gasteiger partial charge in [-0.15, -0.1) is 0 Å². The van der Waals surface area contributed by atoms with Crippen LogP contribution in [0.15, 0.2) is 35.3 Å². The highest BCUT2D eigenvalue weighted by molar-refractivity contribution is 6.33. The number of halogens is 4. The second-order valence-electron chi connectivity index (χ2n) is 4.60. The smallest absolute Gasteiger partial charge is 0.417 e. The van der Waals surface area contributed by atoms with Gasteiger partial charge in [-0.2, -0.15) is 13.2 Å². The number of carbonyl (C=O) groups is 2. The number of aromatic nitrogens is 1. The van der Waals surface area contributed by atoms with Gasteiger partial charge in [0.25, 0.3) is 5.91 Å². The molecule has 0 saturated heterocycles. The van der Waals surface area contributed by atoms with E-state index in [1.165, 1.54) is 19.3 Å². The quantitative estimate of drug-likeness (QED) is 0.841. The van der Waals surface area contributed by atoms with Crippen molar-refractivity contribution in [3.8, 4) is 0 Å². The van der Waals surface area contributed by atoms with E-state index in [9.17, 15) is 22.8 Å². The lowest BCUT2D eigenvalue weighted by atomic mass is 10.2. The number of rotatable bonds is 4. The average molecular weight is 363 g/mol. The molecule has 0 bridgehead atoms. The first-order chi connectivity index (χ1) is 11.2. The van der Waals surface area contributed by atoms with Crippen LogP contribution in [0.5, 0.6) is 0 Å². The fourth-order valence-electron chi connectivity index (χ4n) is 1.57. The molecule has 2 aromatic heterocycles. The summed E-state index contributed by atoms with van der Waals surface area (Å²) in [6, 6.07) is 1.98. The Hall–Kier alpha value is -2.55. The van der Waals surface area contributed by atoms with Crippen molar-refractivity contribution in [3.05, 3.63) is 47.0 Å². The van der Waals surface area contributed by atoms with Crippen LogP contribution in [-0.2, 0) is 15.7 Å². The summed E-state index contributed by atoms with van der Waals surface area (Å²) in [6.07, 6.45) is -2.90. The first-order valence-electron chi connectivity index (χ1n) is 6.45. The van der Waals surface area contributed by atoms with E-state index in [1.807, 2.05) is 0 Å². The third kappa shape index (κ3) is 4.25. The summed E-state index contributed by atoms with van der Waals surface area (Å²) in [4.78, 5) is 27.0. The number of nitrogens with zero attached hydrogens (tertiary/aromatic N) is 1. The van der Waals surface area contributed by atoms with Gasteiger partial charge in [-0.1, -0.05) is 11.6 Å². The largest absolute Gasteiger partial charge is 0.472 e. The number of ether oxygens (including phenoxy) is 1. The highest BCUT2D eigenvalue weighted by atomic mass is 35.5. The van der Waals surface area contributed by atoms with Crippen molar-refractivity contribution < 1.29 is 31.9 Å². The maximum Gasteiger partial charge on any atom is 0.417 e. The minimum atomic E-state index is -4.60. The molecule has 10 heteroatoms. The predicted molar refractivity (Wildman–Crippen MR) is 76.5 cm³/mol. The van der Waals surface area contributed by atoms with Crippen LogP contribution in [0.2, 0.25) is 5.02 Å². The van der Waals surface area contributed by atoms with Gasteiger partial charge in [-0.05, 0) is 19.1 Å². The zero-order chi connectivity index (χ0) is 17.9. The number of hydrogen-bond acceptors (Lipinski definition) is 5. The maximum atomic E-state index is 12.5. The zero-order valence-corrected chi connectivity index (χ0v) is 12.8. The Balaban J connectivity index is 2.02. The minimum Gasteiger partial charge on any atom is -0.472 e. The molecule has 6 nitrogen and oxygen atoms in total. The molecule has 0 radical (unpaired) electrons. The Morgan fingerprint density at radius 1 is 1.42 bits per heavy atom. The van der Waals surface area contributed by atoms with Crippen molar-refractivity contribution in [1.82, 2.24) is 4.98 Å². The van der Waals surface area contributed by atoms with Crippen LogP contribution < -0.4 is 5.32 Å². The van der Waals surface area contributed by atoms with Gasteiger partial charge in [0.1, 0.15) is 6.26 Å². The van der Waals surface area contributed by atoms with Gasteiger partial charge >= 0.3 is 12.1 Å². The summed E-state index contributed by atoms with van der Waals surface area (Å²) in [5.41, 5.74) is -0.940. The topological polar surface area (TPSA) is 81.4 Å². The summed E-state index contributed by atoms with van der Waals surface area (Å²) in [5.74, 6) is -1.88. The molecule has 0 fully saturated rings. The van der Waals surface area contributed by atoms with Crippen LogP contribution in [0.3, 0.4) is 0 Å². The van der Waals surface area contributed by atoms with Crippen LogP contribution in [0, 0.1) is 0 Å². The third-order valence-electron chi connectivity index (χ3n) is 2.82. The molecule has 2 rings (SSSR count). The Labute approximate surface area is 138 Å². The molecule has 1 N–H and O–H groups in total. The molecule has 0 unspecified atom stereocenters. The lowest BCUT2D eigenvalue weighted by Gasteiger charge is -2.14. The molecule has 24 heavy (non-hydrogen) atoms. The molecule has 0 aliphatic heterocycles. The number of anilines is 1. The molecular formula is C14H10ClF3N2O4. The van der Waals surface area contributed by atoms with Crippen molar-refractivity contribution >= 4 is 29.3 Å². The van der Waals surface area contributed by atoms with E-state index in [0.717, 1.165) is 6.26 Å². The maximum absolute atomic E-state index is 12.5. The van der Waals surface area contributed by atoms with Gasteiger partial charge in [0.15, 0.2) is 11.9 Å². The van der Waals surface area contributed by atoms with E-state index in [4.69, 9.17) is 20.8 Å². The number of pyridine rings is 1. The van der Waals surface area contributed by atoms with Crippen molar-refractivity contribution in [3.63, 3.8) is 0 Å². The SMILES string of the molecule is C[C@H](OC(=O)c1ccoc1)C(=O)Nc1ncc(C(F)(F)F)cc1Cl. The number of amides is 1. The van der Waals surface area contributed by atoms with Gasteiger partial charge in [0.2, 0.25) is 0 Å². The molecule has 0 aliphatic rings. The van der Waals surface area contributed by atoms with Crippen LogP contribution in [0.25, 0.3) is 0 Å². The minimum absolute atomic E-state index is 0.111. The molecule has 0 aliphatic carbocycles. The van der Waals surface area contributed by atoms with Crippen molar-refractivity contribution in [2.75, 3.05) is 5.32 Å². The molecular weight excluding hydrogens is 353 g/mol. The Morgan fingerprint density at radius 3 is 2.67 bits per heavy atom. The summed E-state index contributed by atoms with van der Waals surface area (Å²) in [7, 11) is 0. The standard InChI is InChI=1S/C14H10ClF3N2O4/c1-7(24-13(22)8-2-3-23-6-8)12(21)20-11-10(15)4-9(5-19-11)14(16,17)18/h2-7H,1H3,(H,19,20,21)/t7-/m0/s1. The normalized spacial score (nSPS) is 12.5. The second-order valence-corrected chi connectivity index (χ2v) is 5.01. The van der Waals surface area contributed by atoms with Crippen molar-refractivity contribution in [2.45, 2.75) is 19.2 Å². The zero-order valence-electron chi connectivity index (χ0n) is 12.1. The first-order valence-corrected chi connectivity index (χ1v) is 6.83. The number of nitrogens with one attached hydrogen (secondary N) is 1. The second kappa shape index (κ2) is 6.91. The van der Waals surface area contributed by atoms with E-state index < -0.39 is 34.7 Å². The fourth-order valence-corrected chi connectivity index (χ4v) is 1.78. The van der Waals surface area contributed by atoms with Gasteiger partial charge in [-0.25, -0.2) is 9.78 Å². The molecule has 2 heterocycles. The number of esters is 1. The molecule has 0 spiro atoms. The highest BCUT2D eigenvalue weighted by Gasteiger charge is 2.32. The van der Waals surface area contributed by atoms with Gasteiger partial charge < -0.3 is 14.5 Å². The summed E-state index contributed by atoms with van der Waals surface area (Å²) in [5, 5.41) is 1.79. The highest BCUT2D eigenvalue weighted by Crippen LogP contribution is 2.32. The Bertz CT molecular complexity index is 747. The monoisotopic (exact) mass is 362 g/mol. The van der Waals surface area contributed by atoms with Crippen LogP contribution in [-0.4, -0.2) is 23.0 Å². The lowest BCUT2D eigenvalue weighted by molar-refractivity contribution is -0.137. The van der Waals surface area contributed by atoms with E-state index in [0.29, 0.717) is 12.3 Å². The summed E-state index contributed by atoms with van der Waals surface area (Å²) >= 11 is 5.67. The number of alkyl halides is 3. The third-order valence-corrected chi connectivity index (χ3v) is 3.11. The van der Waals surface area contributed by atoms with E-state index in [2.05, 4.69) is 10.3 Å².